The smallest absolute Gasteiger partial charge is 0.369 e. The summed E-state index contributed by atoms with van der Waals surface area (Å²) in [6.45, 7) is 0.929. The predicted octanol–water partition coefficient (Wildman–Crippen LogP) is 2.51. The van der Waals surface area contributed by atoms with Crippen LogP contribution in [0.5, 0.6) is 0 Å². The van der Waals surface area contributed by atoms with Gasteiger partial charge in [-0.3, -0.25) is 14.3 Å². The first-order valence-corrected chi connectivity index (χ1v) is 15.6. The molecule has 0 aliphatic carbocycles. The number of hydrogen-bond acceptors (Lipinski definition) is 13. The highest BCUT2D eigenvalue weighted by atomic mass is 32.7. The summed E-state index contributed by atoms with van der Waals surface area (Å²) in [5.41, 5.74) is 6.97. The van der Waals surface area contributed by atoms with Crippen molar-refractivity contribution in [3.8, 4) is 0 Å². The highest BCUT2D eigenvalue weighted by molar-refractivity contribution is 8.42. The van der Waals surface area contributed by atoms with Gasteiger partial charge in [0.05, 0.1) is 31.8 Å². The molecule has 1 fully saturated rings. The number of aromatic nitrogens is 8. The molecule has 1 saturated heterocycles. The first kappa shape index (κ1) is 26.4. The Kier molecular flexibility index (Phi) is 8.31. The molecule has 3 N–H and O–H groups in total. The van der Waals surface area contributed by atoms with E-state index >= 15 is 0 Å². The lowest BCUT2D eigenvalue weighted by Crippen LogP contribution is -2.19. The Bertz CT molecular complexity index is 1480. The summed E-state index contributed by atoms with van der Waals surface area (Å²) in [7, 11) is -3.56. The Morgan fingerprint density at radius 3 is 3.00 bits per heavy atom. The molecule has 0 bridgehead atoms. The number of nitrogens with zero attached hydrogens (tertiary/aromatic N) is 7. The summed E-state index contributed by atoms with van der Waals surface area (Å²) >= 11 is 8.18. The van der Waals surface area contributed by atoms with Gasteiger partial charge in [-0.1, -0.05) is 12.2 Å². The third-order valence-corrected chi connectivity index (χ3v) is 7.70. The number of thiol groups is 2. The molecule has 37 heavy (non-hydrogen) atoms. The topological polar surface area (TPSA) is 187 Å². The molecule has 5 heterocycles. The number of nitrogen functional groups attached to an aromatic ring is 1. The van der Waals surface area contributed by atoms with Crippen LogP contribution < -0.4 is 11.3 Å². The summed E-state index contributed by atoms with van der Waals surface area (Å²) in [6.07, 6.45) is 5.34. The van der Waals surface area contributed by atoms with Crippen LogP contribution in [0, 0.1) is 0 Å². The number of aromatic amines is 1. The maximum atomic E-state index is 12.3. The summed E-state index contributed by atoms with van der Waals surface area (Å²) in [5, 5.41) is 0. The SMILES string of the molecule is Nc1nc2ncn(C3CCC(COP(S)OCCn4c(CO[P+](=O)S)nc5cncnc54)O3)c2c(=O)[nH]1. The lowest BCUT2D eigenvalue weighted by molar-refractivity contribution is -0.0155. The fraction of sp³-hybridized carbons (Fsp3) is 0.444. The molecule has 0 spiro atoms. The van der Waals surface area contributed by atoms with Crippen LogP contribution in [-0.2, 0) is 36.0 Å². The van der Waals surface area contributed by atoms with Crippen LogP contribution in [0.1, 0.15) is 24.9 Å². The van der Waals surface area contributed by atoms with Gasteiger partial charge in [0.25, 0.3) is 5.56 Å². The van der Waals surface area contributed by atoms with Gasteiger partial charge in [0.2, 0.25) is 13.5 Å². The van der Waals surface area contributed by atoms with Gasteiger partial charge in [-0.25, -0.2) is 19.9 Å². The van der Waals surface area contributed by atoms with E-state index in [1.807, 2.05) is 0 Å². The molecular formula is C18H22N9O6P2S2+. The van der Waals surface area contributed by atoms with Crippen LogP contribution in [0.15, 0.2) is 23.6 Å². The van der Waals surface area contributed by atoms with Gasteiger partial charge in [0.1, 0.15) is 36.1 Å². The number of hydrogen-bond donors (Lipinski definition) is 4. The van der Waals surface area contributed by atoms with Crippen LogP contribution in [0.3, 0.4) is 0 Å². The average Bonchev–Trinajstić information content (AvgIpc) is 3.58. The zero-order chi connectivity index (χ0) is 25.9. The number of anilines is 1. The van der Waals surface area contributed by atoms with Crippen molar-refractivity contribution in [2.45, 2.75) is 38.3 Å². The second-order valence-corrected chi connectivity index (χ2v) is 11.5. The molecule has 5 rings (SSSR count). The second-order valence-electron chi connectivity index (χ2n) is 7.85. The molecule has 196 valence electrons. The van der Waals surface area contributed by atoms with Gasteiger partial charge in [0, 0.05) is 6.54 Å². The Balaban J connectivity index is 1.12. The molecule has 4 atom stereocenters. The average molecular weight is 587 g/mol. The summed E-state index contributed by atoms with van der Waals surface area (Å²) in [4.78, 5) is 35.6. The summed E-state index contributed by atoms with van der Waals surface area (Å²) in [5.74, 6) is 0.534. The number of nitrogens with one attached hydrogen (secondary N) is 1. The molecular weight excluding hydrogens is 564 g/mol. The lowest BCUT2D eigenvalue weighted by atomic mass is 10.2. The summed E-state index contributed by atoms with van der Waals surface area (Å²) < 4.78 is 37.4. The predicted molar refractivity (Wildman–Crippen MR) is 140 cm³/mol. The van der Waals surface area contributed by atoms with Crippen molar-refractivity contribution in [3.63, 3.8) is 0 Å². The van der Waals surface area contributed by atoms with Crippen molar-refractivity contribution in [1.82, 2.24) is 39.0 Å². The summed E-state index contributed by atoms with van der Waals surface area (Å²) in [6, 6.07) is 0. The van der Waals surface area contributed by atoms with E-state index < -0.39 is 14.8 Å². The van der Waals surface area contributed by atoms with Crippen molar-refractivity contribution < 1.29 is 22.9 Å². The standard InChI is InChI=1S/C18H21N9O6P2S2/c19-18-24-15-14(17(28)25-18)27(9-22-15)13-2-1-10(33-13)6-32-35(37)30-4-3-26-12(7-31-34(29)36)23-11-5-20-8-21-16(11)26/h5,8-10,13,37H,1-4,6-7H2,(H3-,19,24,25,28,29,36)/p+1. The fourth-order valence-corrected chi connectivity index (χ4v) is 5.43. The monoisotopic (exact) mass is 586 g/mol. The molecule has 4 unspecified atom stereocenters. The van der Waals surface area contributed by atoms with Crippen LogP contribution in [0.2, 0.25) is 0 Å². The zero-order valence-corrected chi connectivity index (χ0v) is 22.7. The van der Waals surface area contributed by atoms with Crippen LogP contribution in [0.4, 0.5) is 5.95 Å². The first-order chi connectivity index (χ1) is 17.9. The van der Waals surface area contributed by atoms with E-state index in [0.29, 0.717) is 35.5 Å². The Hall–Kier alpha value is -2.23. The molecule has 0 aromatic carbocycles. The zero-order valence-electron chi connectivity index (χ0n) is 19.1. The number of fused-ring (bicyclic) bond motifs is 2. The van der Waals surface area contributed by atoms with E-state index in [0.717, 1.165) is 6.42 Å². The van der Waals surface area contributed by atoms with Gasteiger partial charge in [-0.15, -0.1) is 4.52 Å². The Morgan fingerprint density at radius 2 is 2.16 bits per heavy atom. The van der Waals surface area contributed by atoms with Gasteiger partial charge in [-0.05, 0) is 17.4 Å². The molecule has 0 saturated carbocycles. The van der Waals surface area contributed by atoms with Crippen molar-refractivity contribution in [3.05, 3.63) is 35.0 Å². The fourth-order valence-electron chi connectivity index (χ4n) is 3.98. The third kappa shape index (κ3) is 6.10. The molecule has 4 aromatic heterocycles. The minimum absolute atomic E-state index is 0.00288. The van der Waals surface area contributed by atoms with Crippen LogP contribution in [-0.4, -0.2) is 58.4 Å². The Labute approximate surface area is 221 Å². The number of rotatable bonds is 11. The second kappa shape index (κ2) is 11.7. The normalized spacial score (nSPS) is 19.1. The van der Waals surface area contributed by atoms with E-state index in [-0.39, 0.29) is 49.3 Å². The van der Waals surface area contributed by atoms with Gasteiger partial charge in [-0.2, -0.15) is 4.98 Å². The minimum atomic E-state index is -2.07. The third-order valence-electron chi connectivity index (χ3n) is 5.53. The first-order valence-electron chi connectivity index (χ1n) is 11.0. The molecule has 1 aliphatic heterocycles. The largest absolute Gasteiger partial charge is 0.582 e. The van der Waals surface area contributed by atoms with Crippen molar-refractivity contribution >= 4 is 67.6 Å². The molecule has 15 nitrogen and oxygen atoms in total. The molecule has 4 aromatic rings. The number of nitrogens with two attached hydrogens (primary N) is 1. The maximum Gasteiger partial charge on any atom is 0.582 e. The van der Waals surface area contributed by atoms with Crippen LogP contribution >= 0.6 is 39.3 Å². The van der Waals surface area contributed by atoms with E-state index in [1.165, 1.54) is 12.7 Å². The Morgan fingerprint density at radius 1 is 1.30 bits per heavy atom. The molecule has 19 heteroatoms. The van der Waals surface area contributed by atoms with Crippen LogP contribution in [0.25, 0.3) is 22.3 Å². The maximum absolute atomic E-state index is 12.3. The van der Waals surface area contributed by atoms with E-state index in [1.54, 1.807) is 15.3 Å². The van der Waals surface area contributed by atoms with Gasteiger partial charge >= 0.3 is 7.23 Å². The molecule has 1 aliphatic rings. The van der Waals surface area contributed by atoms with Gasteiger partial charge < -0.3 is 24.1 Å². The van der Waals surface area contributed by atoms with Crippen molar-refractivity contribution in [2.24, 2.45) is 0 Å². The lowest BCUT2D eigenvalue weighted by Gasteiger charge is -2.17. The number of H-pyrrole nitrogens is 1. The highest BCUT2D eigenvalue weighted by Gasteiger charge is 2.29. The quantitative estimate of drug-likeness (QED) is 0.149. The van der Waals surface area contributed by atoms with Crippen molar-refractivity contribution in [2.75, 3.05) is 18.9 Å². The number of ether oxygens (including phenoxy) is 1. The molecule has 0 radical (unpaired) electrons. The highest BCUT2D eigenvalue weighted by Crippen LogP contribution is 2.44. The van der Waals surface area contributed by atoms with E-state index in [2.05, 4.69) is 54.4 Å². The van der Waals surface area contributed by atoms with Gasteiger partial charge in [0.15, 0.2) is 23.4 Å². The minimum Gasteiger partial charge on any atom is -0.369 e. The number of imidazole rings is 2. The van der Waals surface area contributed by atoms with E-state index in [4.69, 9.17) is 24.0 Å². The molecule has 0 amide bonds. The van der Waals surface area contributed by atoms with Crippen molar-refractivity contribution in [1.29, 1.82) is 0 Å². The van der Waals surface area contributed by atoms with E-state index in [9.17, 15) is 9.36 Å².